The molecule has 1 atom stereocenters. The van der Waals surface area contributed by atoms with Gasteiger partial charge in [-0.1, -0.05) is 13.8 Å². The van der Waals surface area contributed by atoms with Crippen LogP contribution in [-0.4, -0.2) is 30.0 Å². The number of ether oxygens (including phenoxy) is 1. The molecule has 0 fully saturated rings. The topological polar surface area (TPSA) is 47.0 Å². The van der Waals surface area contributed by atoms with Crippen LogP contribution < -0.4 is 5.32 Å². The second-order valence-electron chi connectivity index (χ2n) is 3.76. The minimum absolute atomic E-state index is 0.224. The van der Waals surface area contributed by atoms with Crippen molar-refractivity contribution in [3.05, 3.63) is 24.0 Å². The summed E-state index contributed by atoms with van der Waals surface area (Å²) in [6, 6.07) is 2.21. The fraction of sp³-hybridized carbons (Fsp3) is 0.667. The van der Waals surface area contributed by atoms with Gasteiger partial charge in [0.15, 0.2) is 0 Å². The molecule has 0 bridgehead atoms. The third kappa shape index (κ3) is 4.68. The van der Waals surface area contributed by atoms with Crippen LogP contribution in [0.5, 0.6) is 0 Å². The minimum atomic E-state index is 0.224. The van der Waals surface area contributed by atoms with E-state index in [0.29, 0.717) is 6.61 Å². The first-order valence-corrected chi connectivity index (χ1v) is 5.96. The second-order valence-corrected chi connectivity index (χ2v) is 3.76. The molecule has 0 aliphatic rings. The van der Waals surface area contributed by atoms with Gasteiger partial charge in [0.25, 0.3) is 0 Å². The number of nitrogens with zero attached hydrogens (tertiary/aromatic N) is 2. The molecular formula is C12H21N3O. The Balaban J connectivity index is 2.49. The molecule has 1 unspecified atom stereocenters. The van der Waals surface area contributed by atoms with Crippen LogP contribution in [0.2, 0.25) is 0 Å². The van der Waals surface area contributed by atoms with Crippen LogP contribution in [0.15, 0.2) is 18.5 Å². The predicted molar refractivity (Wildman–Crippen MR) is 64.2 cm³/mol. The van der Waals surface area contributed by atoms with Crippen molar-refractivity contribution in [2.75, 3.05) is 19.8 Å². The standard InChI is InChI=1S/C12H21N3O/c1-3-6-13-12(10-16-8-4-2)11-5-7-14-15-9-11/h5,7,9,12-13H,3-4,6,8,10H2,1-2H3. The highest BCUT2D eigenvalue weighted by Gasteiger charge is 2.10. The lowest BCUT2D eigenvalue weighted by atomic mass is 10.1. The predicted octanol–water partition coefficient (Wildman–Crippen LogP) is 1.94. The van der Waals surface area contributed by atoms with E-state index < -0.39 is 0 Å². The Morgan fingerprint density at radius 1 is 1.31 bits per heavy atom. The quantitative estimate of drug-likeness (QED) is 0.684. The minimum Gasteiger partial charge on any atom is -0.379 e. The van der Waals surface area contributed by atoms with Crippen molar-refractivity contribution in [3.8, 4) is 0 Å². The molecule has 16 heavy (non-hydrogen) atoms. The molecule has 0 aliphatic carbocycles. The first-order chi connectivity index (χ1) is 7.88. The van der Waals surface area contributed by atoms with Crippen molar-refractivity contribution in [1.29, 1.82) is 0 Å². The first kappa shape index (κ1) is 13.1. The fourth-order valence-electron chi connectivity index (χ4n) is 1.44. The van der Waals surface area contributed by atoms with Crippen molar-refractivity contribution in [2.45, 2.75) is 32.7 Å². The lowest BCUT2D eigenvalue weighted by Crippen LogP contribution is -2.26. The Morgan fingerprint density at radius 2 is 2.19 bits per heavy atom. The molecule has 90 valence electrons. The highest BCUT2D eigenvalue weighted by atomic mass is 16.5. The van der Waals surface area contributed by atoms with Crippen molar-refractivity contribution in [3.63, 3.8) is 0 Å². The van der Waals surface area contributed by atoms with Crippen LogP contribution in [0.3, 0.4) is 0 Å². The Hall–Kier alpha value is -1.00. The van der Waals surface area contributed by atoms with Gasteiger partial charge in [-0.25, -0.2) is 0 Å². The summed E-state index contributed by atoms with van der Waals surface area (Å²) in [6.45, 7) is 6.76. The van der Waals surface area contributed by atoms with Crippen LogP contribution in [0.25, 0.3) is 0 Å². The van der Waals surface area contributed by atoms with E-state index in [1.54, 1.807) is 12.4 Å². The zero-order chi connectivity index (χ0) is 11.6. The van der Waals surface area contributed by atoms with Crippen molar-refractivity contribution in [1.82, 2.24) is 15.5 Å². The molecule has 4 heteroatoms. The third-order valence-corrected chi connectivity index (χ3v) is 2.28. The maximum absolute atomic E-state index is 5.59. The van der Waals surface area contributed by atoms with E-state index in [1.165, 1.54) is 0 Å². The van der Waals surface area contributed by atoms with Crippen LogP contribution in [0.1, 0.15) is 38.3 Å². The SMILES string of the molecule is CCCNC(COCCC)c1ccnnc1. The number of rotatable bonds is 8. The number of aromatic nitrogens is 2. The zero-order valence-electron chi connectivity index (χ0n) is 10.1. The first-order valence-electron chi connectivity index (χ1n) is 5.96. The molecular weight excluding hydrogens is 202 g/mol. The maximum atomic E-state index is 5.59. The molecule has 1 heterocycles. The summed E-state index contributed by atoms with van der Waals surface area (Å²) in [7, 11) is 0. The third-order valence-electron chi connectivity index (χ3n) is 2.28. The van der Waals surface area contributed by atoms with Gasteiger partial charge in [0.05, 0.1) is 18.8 Å². The summed E-state index contributed by atoms with van der Waals surface area (Å²) in [5.41, 5.74) is 1.14. The second kappa shape index (κ2) is 8.19. The van der Waals surface area contributed by atoms with E-state index in [1.807, 2.05) is 6.07 Å². The molecule has 4 nitrogen and oxygen atoms in total. The van der Waals surface area contributed by atoms with Gasteiger partial charge < -0.3 is 10.1 Å². The Morgan fingerprint density at radius 3 is 2.81 bits per heavy atom. The van der Waals surface area contributed by atoms with Gasteiger partial charge in [-0.2, -0.15) is 10.2 Å². The van der Waals surface area contributed by atoms with Crippen LogP contribution in [-0.2, 0) is 4.74 Å². The number of nitrogens with one attached hydrogen (secondary N) is 1. The monoisotopic (exact) mass is 223 g/mol. The normalized spacial score (nSPS) is 12.6. The average Bonchev–Trinajstić information content (AvgIpc) is 2.35. The van der Waals surface area contributed by atoms with Gasteiger partial charge in [0.1, 0.15) is 0 Å². The molecule has 0 radical (unpaired) electrons. The molecule has 1 rings (SSSR count). The van der Waals surface area contributed by atoms with Crippen molar-refractivity contribution in [2.24, 2.45) is 0 Å². The highest BCUT2D eigenvalue weighted by Crippen LogP contribution is 2.11. The van der Waals surface area contributed by atoms with E-state index in [2.05, 4.69) is 29.4 Å². The van der Waals surface area contributed by atoms with E-state index in [-0.39, 0.29) is 6.04 Å². The van der Waals surface area contributed by atoms with Crippen LogP contribution >= 0.6 is 0 Å². The molecule has 0 saturated heterocycles. The molecule has 0 amide bonds. The lowest BCUT2D eigenvalue weighted by molar-refractivity contribution is 0.112. The molecule has 1 aromatic rings. The molecule has 0 saturated carbocycles. The molecule has 0 aromatic carbocycles. The lowest BCUT2D eigenvalue weighted by Gasteiger charge is -2.18. The van der Waals surface area contributed by atoms with Crippen LogP contribution in [0.4, 0.5) is 0 Å². The summed E-state index contributed by atoms with van der Waals surface area (Å²) < 4.78 is 5.59. The number of hydrogen-bond donors (Lipinski definition) is 1. The van der Waals surface area contributed by atoms with Gasteiger partial charge in [-0.05, 0) is 31.0 Å². The number of hydrogen-bond acceptors (Lipinski definition) is 4. The largest absolute Gasteiger partial charge is 0.379 e. The van der Waals surface area contributed by atoms with E-state index >= 15 is 0 Å². The Kier molecular flexibility index (Phi) is 6.69. The summed E-state index contributed by atoms with van der Waals surface area (Å²) in [4.78, 5) is 0. The van der Waals surface area contributed by atoms with Gasteiger partial charge in [0, 0.05) is 12.8 Å². The van der Waals surface area contributed by atoms with Gasteiger partial charge in [-0.3, -0.25) is 0 Å². The fourth-order valence-corrected chi connectivity index (χ4v) is 1.44. The average molecular weight is 223 g/mol. The summed E-state index contributed by atoms with van der Waals surface area (Å²) in [5.74, 6) is 0. The van der Waals surface area contributed by atoms with Crippen molar-refractivity contribution < 1.29 is 4.74 Å². The van der Waals surface area contributed by atoms with E-state index in [0.717, 1.165) is 31.6 Å². The molecule has 0 spiro atoms. The van der Waals surface area contributed by atoms with Gasteiger partial charge in [0.2, 0.25) is 0 Å². The summed E-state index contributed by atoms with van der Waals surface area (Å²) in [6.07, 6.45) is 5.68. The zero-order valence-corrected chi connectivity index (χ0v) is 10.1. The smallest absolute Gasteiger partial charge is 0.0662 e. The van der Waals surface area contributed by atoms with E-state index in [4.69, 9.17) is 4.74 Å². The van der Waals surface area contributed by atoms with Gasteiger partial charge in [-0.15, -0.1) is 0 Å². The molecule has 1 aromatic heterocycles. The molecule has 0 aliphatic heterocycles. The van der Waals surface area contributed by atoms with Gasteiger partial charge >= 0.3 is 0 Å². The summed E-state index contributed by atoms with van der Waals surface area (Å²) >= 11 is 0. The summed E-state index contributed by atoms with van der Waals surface area (Å²) in [5, 5.41) is 11.1. The highest BCUT2D eigenvalue weighted by molar-refractivity contribution is 5.11. The Labute approximate surface area is 97.4 Å². The molecule has 1 N–H and O–H groups in total. The van der Waals surface area contributed by atoms with Crippen LogP contribution in [0, 0.1) is 0 Å². The maximum Gasteiger partial charge on any atom is 0.0662 e. The van der Waals surface area contributed by atoms with E-state index in [9.17, 15) is 0 Å². The Bertz CT molecular complexity index is 266. The van der Waals surface area contributed by atoms with Crippen molar-refractivity contribution >= 4 is 0 Å².